The van der Waals surface area contributed by atoms with Crippen molar-refractivity contribution in [1.82, 2.24) is 0 Å². The van der Waals surface area contributed by atoms with Crippen molar-refractivity contribution in [2.45, 2.75) is 18.7 Å². The molecule has 0 amide bonds. The summed E-state index contributed by atoms with van der Waals surface area (Å²) in [5.74, 6) is 0.00333. The number of nitro groups is 1. The van der Waals surface area contributed by atoms with E-state index in [1.54, 1.807) is 6.92 Å². The zero-order chi connectivity index (χ0) is 14.8. The normalized spacial score (nSPS) is 11.1. The first-order valence-corrected chi connectivity index (χ1v) is 7.44. The number of aryl methyl sites for hydroxylation is 1. The van der Waals surface area contributed by atoms with Crippen LogP contribution in [-0.2, 0) is 9.05 Å². The fraction of sp³-hybridized carbons (Fsp3) is 0.273. The van der Waals surface area contributed by atoms with E-state index in [-0.39, 0.29) is 18.0 Å². The number of ether oxygens (including phenoxy) is 1. The Balaban J connectivity index is 3.44. The molecule has 1 aromatic carbocycles. The van der Waals surface area contributed by atoms with Gasteiger partial charge in [-0.1, -0.05) is 6.58 Å². The summed E-state index contributed by atoms with van der Waals surface area (Å²) >= 11 is 0. The number of non-ortho nitro benzene ring substituents is 1. The van der Waals surface area contributed by atoms with Gasteiger partial charge in [0, 0.05) is 22.8 Å². The second-order valence-electron chi connectivity index (χ2n) is 4.03. The molecule has 8 heteroatoms. The summed E-state index contributed by atoms with van der Waals surface area (Å²) in [6.07, 6.45) is 0. The molecular formula is C11H12ClNO5S. The Kier molecular flexibility index (Phi) is 4.54. The maximum Gasteiger partial charge on any atom is 0.271 e. The number of nitrogens with zero attached hydrogens (tertiary/aromatic N) is 1. The minimum atomic E-state index is -4.15. The molecule has 0 heterocycles. The highest BCUT2D eigenvalue weighted by atomic mass is 35.7. The molecule has 0 bridgehead atoms. The van der Waals surface area contributed by atoms with Gasteiger partial charge >= 0.3 is 0 Å². The lowest BCUT2D eigenvalue weighted by atomic mass is 10.2. The molecule has 0 radical (unpaired) electrons. The average Bonchev–Trinajstić information content (AvgIpc) is 2.24. The maximum atomic E-state index is 11.5. The van der Waals surface area contributed by atoms with Gasteiger partial charge in [0.1, 0.15) is 17.3 Å². The minimum Gasteiger partial charge on any atom is -0.488 e. The monoisotopic (exact) mass is 305 g/mol. The van der Waals surface area contributed by atoms with Crippen LogP contribution < -0.4 is 4.74 Å². The zero-order valence-corrected chi connectivity index (χ0v) is 11.9. The molecule has 1 aromatic rings. The van der Waals surface area contributed by atoms with Gasteiger partial charge in [0.25, 0.3) is 14.7 Å². The van der Waals surface area contributed by atoms with E-state index in [1.165, 1.54) is 13.0 Å². The van der Waals surface area contributed by atoms with Crippen LogP contribution in [0.5, 0.6) is 5.75 Å². The molecule has 0 saturated carbocycles. The first-order chi connectivity index (χ1) is 8.62. The van der Waals surface area contributed by atoms with Gasteiger partial charge < -0.3 is 4.74 Å². The summed E-state index contributed by atoms with van der Waals surface area (Å²) in [6.45, 7) is 6.93. The Hall–Kier alpha value is -1.60. The third kappa shape index (κ3) is 3.93. The van der Waals surface area contributed by atoms with E-state index in [4.69, 9.17) is 15.4 Å². The Bertz CT molecular complexity index is 639. The van der Waals surface area contributed by atoms with Gasteiger partial charge in [-0.15, -0.1) is 0 Å². The molecule has 0 aliphatic heterocycles. The fourth-order valence-corrected chi connectivity index (χ4v) is 2.44. The lowest BCUT2D eigenvalue weighted by molar-refractivity contribution is -0.385. The Labute approximate surface area is 115 Å². The average molecular weight is 306 g/mol. The number of halogens is 1. The fourth-order valence-electron chi connectivity index (χ4n) is 1.39. The summed E-state index contributed by atoms with van der Waals surface area (Å²) in [6, 6.07) is 2.10. The van der Waals surface area contributed by atoms with Crippen LogP contribution in [0.1, 0.15) is 12.5 Å². The largest absolute Gasteiger partial charge is 0.488 e. The molecule has 1 rings (SSSR count). The van der Waals surface area contributed by atoms with Crippen molar-refractivity contribution in [3.05, 3.63) is 40.0 Å². The second kappa shape index (κ2) is 5.58. The molecule has 6 nitrogen and oxygen atoms in total. The lowest BCUT2D eigenvalue weighted by Crippen LogP contribution is -2.05. The minimum absolute atomic E-state index is 0.00333. The van der Waals surface area contributed by atoms with Gasteiger partial charge in [0.05, 0.1) is 4.92 Å². The van der Waals surface area contributed by atoms with Crippen LogP contribution in [0.15, 0.2) is 29.2 Å². The van der Waals surface area contributed by atoms with Crippen LogP contribution >= 0.6 is 10.7 Å². The Morgan fingerprint density at radius 2 is 2.11 bits per heavy atom. The van der Waals surface area contributed by atoms with E-state index in [2.05, 4.69) is 6.58 Å². The highest BCUT2D eigenvalue weighted by molar-refractivity contribution is 8.13. The number of hydrogen-bond acceptors (Lipinski definition) is 5. The number of hydrogen-bond donors (Lipinski definition) is 0. The quantitative estimate of drug-likeness (QED) is 0.361. The maximum absolute atomic E-state index is 11.5. The zero-order valence-electron chi connectivity index (χ0n) is 10.3. The van der Waals surface area contributed by atoms with Gasteiger partial charge in [-0.05, 0) is 25.0 Å². The number of benzene rings is 1. The van der Waals surface area contributed by atoms with Crippen molar-refractivity contribution in [2.24, 2.45) is 0 Å². The smallest absolute Gasteiger partial charge is 0.271 e. The molecule has 0 unspecified atom stereocenters. The number of rotatable bonds is 5. The van der Waals surface area contributed by atoms with Crippen LogP contribution in [0.3, 0.4) is 0 Å². The van der Waals surface area contributed by atoms with E-state index in [0.29, 0.717) is 11.1 Å². The second-order valence-corrected chi connectivity index (χ2v) is 6.57. The van der Waals surface area contributed by atoms with Gasteiger partial charge in [-0.2, -0.15) is 0 Å². The van der Waals surface area contributed by atoms with Crippen LogP contribution in [-0.4, -0.2) is 19.9 Å². The topological polar surface area (TPSA) is 86.5 Å². The van der Waals surface area contributed by atoms with Gasteiger partial charge in [-0.3, -0.25) is 10.1 Å². The van der Waals surface area contributed by atoms with Gasteiger partial charge in [-0.25, -0.2) is 8.42 Å². The number of nitro benzene ring substituents is 1. The summed E-state index contributed by atoms with van der Waals surface area (Å²) in [4.78, 5) is 9.61. The molecule has 0 saturated heterocycles. The van der Waals surface area contributed by atoms with E-state index in [0.717, 1.165) is 6.07 Å². The first kappa shape index (κ1) is 15.5. The summed E-state index contributed by atoms with van der Waals surface area (Å²) in [7, 11) is 1.13. The SMILES string of the molecule is C=C(C)COc1c(C)cc([N+](=O)[O-])cc1S(=O)(=O)Cl. The molecule has 0 aliphatic carbocycles. The van der Waals surface area contributed by atoms with Crippen molar-refractivity contribution in [3.63, 3.8) is 0 Å². The summed E-state index contributed by atoms with van der Waals surface area (Å²) in [5.41, 5.74) is 0.629. The molecule has 0 aromatic heterocycles. The lowest BCUT2D eigenvalue weighted by Gasteiger charge is -2.12. The van der Waals surface area contributed by atoms with Crippen LogP contribution in [0.25, 0.3) is 0 Å². The van der Waals surface area contributed by atoms with Crippen LogP contribution in [0.4, 0.5) is 5.69 Å². The van der Waals surface area contributed by atoms with Crippen molar-refractivity contribution in [2.75, 3.05) is 6.61 Å². The molecule has 0 spiro atoms. The molecule has 0 N–H and O–H groups in total. The van der Waals surface area contributed by atoms with Crippen molar-refractivity contribution in [3.8, 4) is 5.75 Å². The van der Waals surface area contributed by atoms with Crippen molar-refractivity contribution in [1.29, 1.82) is 0 Å². The molecule has 0 aliphatic rings. The van der Waals surface area contributed by atoms with Crippen molar-refractivity contribution < 1.29 is 18.1 Å². The summed E-state index contributed by atoms with van der Waals surface area (Å²) < 4.78 is 28.2. The van der Waals surface area contributed by atoms with E-state index in [9.17, 15) is 18.5 Å². The Morgan fingerprint density at radius 3 is 2.53 bits per heavy atom. The van der Waals surface area contributed by atoms with Crippen LogP contribution in [0.2, 0.25) is 0 Å². The first-order valence-electron chi connectivity index (χ1n) is 5.14. The van der Waals surface area contributed by atoms with Crippen LogP contribution in [0, 0.1) is 17.0 Å². The van der Waals surface area contributed by atoms with Gasteiger partial charge in [0.2, 0.25) is 0 Å². The highest BCUT2D eigenvalue weighted by Crippen LogP contribution is 2.34. The third-order valence-corrected chi connectivity index (χ3v) is 3.49. The highest BCUT2D eigenvalue weighted by Gasteiger charge is 2.23. The van der Waals surface area contributed by atoms with E-state index in [1.807, 2.05) is 0 Å². The molecule has 104 valence electrons. The van der Waals surface area contributed by atoms with Gasteiger partial charge in [0.15, 0.2) is 0 Å². The predicted molar refractivity (Wildman–Crippen MR) is 71.2 cm³/mol. The molecular weight excluding hydrogens is 294 g/mol. The third-order valence-electron chi connectivity index (χ3n) is 2.16. The Morgan fingerprint density at radius 1 is 1.53 bits per heavy atom. The standard InChI is InChI=1S/C11H12ClNO5S/c1-7(2)6-18-11-8(3)4-9(13(14)15)5-10(11)19(12,16)17/h4-5H,1,6H2,2-3H3. The van der Waals surface area contributed by atoms with Crippen molar-refractivity contribution >= 4 is 25.4 Å². The molecule has 19 heavy (non-hydrogen) atoms. The van der Waals surface area contributed by atoms with E-state index < -0.39 is 18.9 Å². The van der Waals surface area contributed by atoms with E-state index >= 15 is 0 Å². The predicted octanol–water partition coefficient (Wildman–Crippen LogP) is 2.79. The molecule has 0 atom stereocenters. The summed E-state index contributed by atoms with van der Waals surface area (Å²) in [5, 5.41) is 10.7. The molecule has 0 fully saturated rings.